The number of fused-ring (bicyclic) bond motifs is 1. The third kappa shape index (κ3) is 2.29. The van der Waals surface area contributed by atoms with E-state index in [4.69, 9.17) is 4.52 Å². The van der Waals surface area contributed by atoms with Crippen molar-refractivity contribution in [2.24, 2.45) is 0 Å². The SMILES string of the molecule is O=Cc1ccccc1-c1noc2cc(C(F)(F)F)ccc12. The van der Waals surface area contributed by atoms with Gasteiger partial charge in [0.1, 0.15) is 5.69 Å². The molecule has 0 saturated heterocycles. The first-order valence-electron chi connectivity index (χ1n) is 6.02. The second-order valence-electron chi connectivity index (χ2n) is 4.44. The molecule has 0 spiro atoms. The molecule has 0 aliphatic heterocycles. The van der Waals surface area contributed by atoms with Crippen LogP contribution in [0, 0.1) is 0 Å². The number of benzene rings is 2. The van der Waals surface area contributed by atoms with Crippen LogP contribution in [0.2, 0.25) is 0 Å². The molecule has 21 heavy (non-hydrogen) atoms. The normalized spacial score (nSPS) is 11.8. The van der Waals surface area contributed by atoms with Gasteiger partial charge in [-0.15, -0.1) is 0 Å². The summed E-state index contributed by atoms with van der Waals surface area (Å²) in [7, 11) is 0. The summed E-state index contributed by atoms with van der Waals surface area (Å²) in [5, 5.41) is 4.22. The van der Waals surface area contributed by atoms with Crippen molar-refractivity contribution in [1.29, 1.82) is 0 Å². The third-order valence-corrected chi connectivity index (χ3v) is 3.14. The number of hydrogen-bond donors (Lipinski definition) is 0. The van der Waals surface area contributed by atoms with Crippen LogP contribution >= 0.6 is 0 Å². The molecule has 1 aromatic heterocycles. The number of halogens is 3. The summed E-state index contributed by atoms with van der Waals surface area (Å²) in [6, 6.07) is 9.84. The van der Waals surface area contributed by atoms with E-state index < -0.39 is 11.7 Å². The number of alkyl halides is 3. The Morgan fingerprint density at radius 3 is 2.57 bits per heavy atom. The largest absolute Gasteiger partial charge is 0.416 e. The molecule has 106 valence electrons. The van der Waals surface area contributed by atoms with Crippen molar-refractivity contribution >= 4 is 17.3 Å². The number of aldehydes is 1. The first-order valence-corrected chi connectivity index (χ1v) is 6.02. The maximum absolute atomic E-state index is 12.7. The van der Waals surface area contributed by atoms with E-state index >= 15 is 0 Å². The first-order chi connectivity index (χ1) is 10.0. The van der Waals surface area contributed by atoms with Crippen LogP contribution in [0.1, 0.15) is 15.9 Å². The van der Waals surface area contributed by atoms with Gasteiger partial charge in [0.2, 0.25) is 0 Å². The molecule has 0 aliphatic carbocycles. The number of hydrogen-bond acceptors (Lipinski definition) is 3. The molecule has 0 N–H and O–H groups in total. The molecule has 0 amide bonds. The number of nitrogens with zero attached hydrogens (tertiary/aromatic N) is 1. The minimum absolute atomic E-state index is 0.0283. The van der Waals surface area contributed by atoms with Crippen LogP contribution in [0.4, 0.5) is 13.2 Å². The molecule has 0 unspecified atom stereocenters. The summed E-state index contributed by atoms with van der Waals surface area (Å²) in [5.74, 6) is 0. The van der Waals surface area contributed by atoms with E-state index in [-0.39, 0.29) is 5.58 Å². The van der Waals surface area contributed by atoms with Gasteiger partial charge in [0.15, 0.2) is 11.9 Å². The van der Waals surface area contributed by atoms with Crippen molar-refractivity contribution in [2.75, 3.05) is 0 Å². The molecule has 0 aliphatic rings. The zero-order valence-corrected chi connectivity index (χ0v) is 10.5. The lowest BCUT2D eigenvalue weighted by molar-refractivity contribution is -0.137. The maximum atomic E-state index is 12.7. The number of carbonyl (C=O) groups is 1. The van der Waals surface area contributed by atoms with E-state index in [2.05, 4.69) is 5.16 Å². The molecule has 6 heteroatoms. The summed E-state index contributed by atoms with van der Waals surface area (Å²) in [6.45, 7) is 0. The summed E-state index contributed by atoms with van der Waals surface area (Å²) in [6.07, 6.45) is -3.78. The van der Waals surface area contributed by atoms with Crippen LogP contribution in [-0.4, -0.2) is 11.4 Å². The van der Waals surface area contributed by atoms with Gasteiger partial charge in [-0.3, -0.25) is 4.79 Å². The molecule has 0 atom stereocenters. The molecule has 3 aromatic rings. The lowest BCUT2D eigenvalue weighted by Crippen LogP contribution is -2.03. The smallest absolute Gasteiger partial charge is 0.356 e. The van der Waals surface area contributed by atoms with Crippen LogP contribution in [0.25, 0.3) is 22.2 Å². The van der Waals surface area contributed by atoms with E-state index in [9.17, 15) is 18.0 Å². The summed E-state index contributed by atoms with van der Waals surface area (Å²) >= 11 is 0. The lowest BCUT2D eigenvalue weighted by Gasteiger charge is -2.05. The Morgan fingerprint density at radius 2 is 1.86 bits per heavy atom. The number of aromatic nitrogens is 1. The van der Waals surface area contributed by atoms with Gasteiger partial charge in [0.25, 0.3) is 0 Å². The van der Waals surface area contributed by atoms with Crippen molar-refractivity contribution in [2.45, 2.75) is 6.18 Å². The predicted octanol–water partition coefficient (Wildman–Crippen LogP) is 4.33. The lowest BCUT2D eigenvalue weighted by atomic mass is 10.0. The Bertz CT molecular complexity index is 821. The van der Waals surface area contributed by atoms with E-state index in [1.807, 2.05) is 0 Å². The minimum Gasteiger partial charge on any atom is -0.356 e. The molecule has 0 fully saturated rings. The van der Waals surface area contributed by atoms with Crippen LogP contribution < -0.4 is 0 Å². The Morgan fingerprint density at radius 1 is 1.10 bits per heavy atom. The van der Waals surface area contributed by atoms with Gasteiger partial charge < -0.3 is 4.52 Å². The predicted molar refractivity (Wildman–Crippen MR) is 69.8 cm³/mol. The third-order valence-electron chi connectivity index (χ3n) is 3.14. The van der Waals surface area contributed by atoms with Crippen LogP contribution in [-0.2, 0) is 6.18 Å². The van der Waals surface area contributed by atoms with Gasteiger partial charge in [-0.25, -0.2) is 0 Å². The molecule has 0 bridgehead atoms. The Balaban J connectivity index is 2.20. The van der Waals surface area contributed by atoms with Gasteiger partial charge in [-0.2, -0.15) is 13.2 Å². The molecular formula is C15H8F3NO2. The fourth-order valence-electron chi connectivity index (χ4n) is 2.12. The summed E-state index contributed by atoms with van der Waals surface area (Å²) in [5.41, 5.74) is 0.488. The molecule has 3 rings (SSSR count). The van der Waals surface area contributed by atoms with E-state index in [1.165, 1.54) is 6.07 Å². The topological polar surface area (TPSA) is 43.1 Å². The van der Waals surface area contributed by atoms with Crippen LogP contribution in [0.5, 0.6) is 0 Å². The van der Waals surface area contributed by atoms with Crippen molar-refractivity contribution in [3.05, 3.63) is 53.6 Å². The van der Waals surface area contributed by atoms with Gasteiger partial charge >= 0.3 is 6.18 Å². The van der Waals surface area contributed by atoms with Crippen LogP contribution in [0.15, 0.2) is 47.0 Å². The fourth-order valence-corrected chi connectivity index (χ4v) is 2.12. The van der Waals surface area contributed by atoms with E-state index in [1.54, 1.807) is 24.3 Å². The quantitative estimate of drug-likeness (QED) is 0.660. The average molecular weight is 291 g/mol. The Hall–Kier alpha value is -2.63. The van der Waals surface area contributed by atoms with Crippen molar-refractivity contribution in [3.63, 3.8) is 0 Å². The second kappa shape index (κ2) is 4.73. The highest BCUT2D eigenvalue weighted by molar-refractivity contribution is 5.97. The highest BCUT2D eigenvalue weighted by Crippen LogP contribution is 2.35. The van der Waals surface area contributed by atoms with Crippen LogP contribution in [0.3, 0.4) is 0 Å². The highest BCUT2D eigenvalue weighted by Gasteiger charge is 2.31. The molecule has 0 saturated carbocycles. The monoisotopic (exact) mass is 291 g/mol. The van der Waals surface area contributed by atoms with Crippen molar-refractivity contribution in [1.82, 2.24) is 5.16 Å². The minimum atomic E-state index is -4.44. The number of rotatable bonds is 2. The van der Waals surface area contributed by atoms with Gasteiger partial charge in [0, 0.05) is 16.5 Å². The Kier molecular flexibility index (Phi) is 3.01. The fraction of sp³-hybridized carbons (Fsp3) is 0.0667. The number of carbonyl (C=O) groups excluding carboxylic acids is 1. The van der Waals surface area contributed by atoms with Crippen molar-refractivity contribution < 1.29 is 22.5 Å². The standard InChI is InChI=1S/C15H8F3NO2/c16-15(17,18)10-5-6-12-13(7-10)21-19-14(12)11-4-2-1-3-9(11)8-20/h1-8H. The summed E-state index contributed by atoms with van der Waals surface area (Å²) in [4.78, 5) is 11.0. The molecule has 2 aromatic carbocycles. The maximum Gasteiger partial charge on any atom is 0.416 e. The molecule has 1 heterocycles. The van der Waals surface area contributed by atoms with Gasteiger partial charge in [0.05, 0.1) is 5.56 Å². The average Bonchev–Trinajstić information content (AvgIpc) is 2.89. The molecule has 0 radical (unpaired) electrons. The van der Waals surface area contributed by atoms with Crippen molar-refractivity contribution in [3.8, 4) is 11.3 Å². The van der Waals surface area contributed by atoms with E-state index in [0.29, 0.717) is 28.5 Å². The molecule has 3 nitrogen and oxygen atoms in total. The zero-order valence-electron chi connectivity index (χ0n) is 10.5. The highest BCUT2D eigenvalue weighted by atomic mass is 19.4. The van der Waals surface area contributed by atoms with Gasteiger partial charge in [-0.1, -0.05) is 29.4 Å². The summed E-state index contributed by atoms with van der Waals surface area (Å²) < 4.78 is 42.9. The molecular weight excluding hydrogens is 283 g/mol. The Labute approximate surface area is 117 Å². The zero-order chi connectivity index (χ0) is 15.0. The first kappa shape index (κ1) is 13.4. The van der Waals surface area contributed by atoms with E-state index in [0.717, 1.165) is 12.1 Å². The second-order valence-corrected chi connectivity index (χ2v) is 4.44. The van der Waals surface area contributed by atoms with Gasteiger partial charge in [-0.05, 0) is 18.2 Å².